The number of nitrogens with two attached hydrogens (primary N) is 1. The number of aromatic nitrogens is 2. The smallest absolute Gasteiger partial charge is 0.267 e. The standard InChI is InChI=1S/C23H20N4O3S3/c24-19(29)15-10-11-31-20(15)25-17(28)12-32-23-26-21-18(14-8-4-5-9-16(14)33-21)22(30)27(23)13-6-2-1-3-7-13/h1-3,6-7,10-11H,4-5,8-9,12H2,(H2,24,29)(H,25,28). The Morgan fingerprint density at radius 2 is 1.94 bits per heavy atom. The molecule has 0 fully saturated rings. The van der Waals surface area contributed by atoms with Gasteiger partial charge in [-0.15, -0.1) is 22.7 Å². The number of nitrogens with one attached hydrogen (secondary N) is 1. The van der Waals surface area contributed by atoms with E-state index in [4.69, 9.17) is 10.7 Å². The van der Waals surface area contributed by atoms with E-state index in [1.54, 1.807) is 27.4 Å². The summed E-state index contributed by atoms with van der Waals surface area (Å²) in [6.07, 6.45) is 4.09. The van der Waals surface area contributed by atoms with E-state index in [1.165, 1.54) is 28.0 Å². The Balaban J connectivity index is 1.50. The van der Waals surface area contributed by atoms with Crippen molar-refractivity contribution in [2.45, 2.75) is 30.8 Å². The number of hydrogen-bond acceptors (Lipinski definition) is 7. The summed E-state index contributed by atoms with van der Waals surface area (Å²) in [7, 11) is 0. The molecule has 1 aliphatic carbocycles. The molecule has 4 aromatic rings. The van der Waals surface area contributed by atoms with Gasteiger partial charge < -0.3 is 11.1 Å². The third-order valence-electron chi connectivity index (χ3n) is 5.49. The minimum absolute atomic E-state index is 0.0337. The Bertz CT molecular complexity index is 1420. The van der Waals surface area contributed by atoms with Gasteiger partial charge in [0.15, 0.2) is 5.16 Å². The van der Waals surface area contributed by atoms with Gasteiger partial charge in [-0.05, 0) is 54.8 Å². The van der Waals surface area contributed by atoms with Crippen LogP contribution in [0.1, 0.15) is 33.6 Å². The van der Waals surface area contributed by atoms with Gasteiger partial charge in [-0.3, -0.25) is 19.0 Å². The van der Waals surface area contributed by atoms with Crippen LogP contribution in [-0.2, 0) is 17.6 Å². The molecule has 1 aromatic carbocycles. The average molecular weight is 497 g/mol. The predicted molar refractivity (Wildman–Crippen MR) is 134 cm³/mol. The fourth-order valence-corrected chi connectivity index (χ4v) is 6.90. The Hall–Kier alpha value is -2.95. The molecular weight excluding hydrogens is 476 g/mol. The fourth-order valence-electron chi connectivity index (χ4n) is 3.98. The van der Waals surface area contributed by atoms with Crippen molar-refractivity contribution in [3.63, 3.8) is 0 Å². The largest absolute Gasteiger partial charge is 0.366 e. The maximum Gasteiger partial charge on any atom is 0.267 e. The number of para-hydroxylation sites is 1. The highest BCUT2D eigenvalue weighted by molar-refractivity contribution is 7.99. The number of primary amides is 1. The number of thioether (sulfide) groups is 1. The second-order valence-corrected chi connectivity index (χ2v) is 10.6. The van der Waals surface area contributed by atoms with Gasteiger partial charge in [0, 0.05) is 4.88 Å². The molecule has 33 heavy (non-hydrogen) atoms. The van der Waals surface area contributed by atoms with Gasteiger partial charge in [0.05, 0.1) is 22.4 Å². The molecule has 3 aromatic heterocycles. The first-order valence-electron chi connectivity index (χ1n) is 10.5. The van der Waals surface area contributed by atoms with E-state index in [0.29, 0.717) is 21.2 Å². The molecule has 0 spiro atoms. The Labute approximate surface area is 201 Å². The molecule has 3 heterocycles. The molecule has 0 saturated carbocycles. The fraction of sp³-hybridized carbons (Fsp3) is 0.217. The molecular formula is C23H20N4O3S3. The van der Waals surface area contributed by atoms with Crippen molar-refractivity contribution in [1.82, 2.24) is 9.55 Å². The van der Waals surface area contributed by atoms with Crippen molar-refractivity contribution in [2.24, 2.45) is 5.73 Å². The Kier molecular flexibility index (Phi) is 6.05. The number of amides is 2. The zero-order chi connectivity index (χ0) is 22.9. The van der Waals surface area contributed by atoms with Crippen molar-refractivity contribution < 1.29 is 9.59 Å². The minimum Gasteiger partial charge on any atom is -0.366 e. The second kappa shape index (κ2) is 9.12. The van der Waals surface area contributed by atoms with Crippen LogP contribution in [0.2, 0.25) is 0 Å². The summed E-state index contributed by atoms with van der Waals surface area (Å²) in [6.45, 7) is 0. The first-order chi connectivity index (χ1) is 16.0. The number of nitrogens with zero attached hydrogens (tertiary/aromatic N) is 2. The summed E-state index contributed by atoms with van der Waals surface area (Å²) in [4.78, 5) is 44.6. The van der Waals surface area contributed by atoms with Gasteiger partial charge in [0.25, 0.3) is 11.5 Å². The molecule has 1 aliphatic rings. The maximum atomic E-state index is 13.7. The normalized spacial score (nSPS) is 13.1. The molecule has 0 unspecified atom stereocenters. The predicted octanol–water partition coefficient (Wildman–Crippen LogP) is 4.22. The van der Waals surface area contributed by atoms with E-state index in [-0.39, 0.29) is 22.8 Å². The van der Waals surface area contributed by atoms with Crippen molar-refractivity contribution in [3.05, 3.63) is 68.1 Å². The highest BCUT2D eigenvalue weighted by Crippen LogP contribution is 2.35. The van der Waals surface area contributed by atoms with Gasteiger partial charge in [0.1, 0.15) is 9.83 Å². The number of carbonyl (C=O) groups excluding carboxylic acids is 2. The van der Waals surface area contributed by atoms with Gasteiger partial charge in [-0.2, -0.15) is 0 Å². The number of rotatable bonds is 6. The Morgan fingerprint density at radius 1 is 1.15 bits per heavy atom. The lowest BCUT2D eigenvalue weighted by Crippen LogP contribution is -2.23. The molecule has 10 heteroatoms. The van der Waals surface area contributed by atoms with Crippen LogP contribution >= 0.6 is 34.4 Å². The number of thiophene rings is 2. The van der Waals surface area contributed by atoms with Crippen LogP contribution in [0.15, 0.2) is 51.7 Å². The topological polar surface area (TPSA) is 107 Å². The summed E-state index contributed by atoms with van der Waals surface area (Å²) in [6, 6.07) is 10.9. The summed E-state index contributed by atoms with van der Waals surface area (Å²) >= 11 is 4.02. The number of carbonyl (C=O) groups is 2. The Morgan fingerprint density at radius 3 is 2.73 bits per heavy atom. The zero-order valence-electron chi connectivity index (χ0n) is 17.5. The van der Waals surface area contributed by atoms with Gasteiger partial charge in [-0.1, -0.05) is 30.0 Å². The van der Waals surface area contributed by atoms with E-state index >= 15 is 0 Å². The van der Waals surface area contributed by atoms with Gasteiger partial charge >= 0.3 is 0 Å². The monoisotopic (exact) mass is 496 g/mol. The molecule has 0 aliphatic heterocycles. The van der Waals surface area contributed by atoms with E-state index in [2.05, 4.69) is 5.32 Å². The number of fused-ring (bicyclic) bond motifs is 3. The van der Waals surface area contributed by atoms with E-state index < -0.39 is 5.91 Å². The molecule has 5 rings (SSSR count). The van der Waals surface area contributed by atoms with Crippen LogP contribution < -0.4 is 16.6 Å². The minimum atomic E-state index is -0.592. The number of benzene rings is 1. The molecule has 3 N–H and O–H groups in total. The van der Waals surface area contributed by atoms with Crippen molar-refractivity contribution in [1.29, 1.82) is 0 Å². The van der Waals surface area contributed by atoms with Crippen molar-refractivity contribution in [2.75, 3.05) is 11.1 Å². The molecule has 0 saturated heterocycles. The maximum absolute atomic E-state index is 13.7. The highest BCUT2D eigenvalue weighted by Gasteiger charge is 2.23. The molecule has 168 valence electrons. The second-order valence-electron chi connectivity index (χ2n) is 7.63. The highest BCUT2D eigenvalue weighted by atomic mass is 32.2. The number of aryl methyl sites for hydroxylation is 2. The third kappa shape index (κ3) is 4.21. The lowest BCUT2D eigenvalue weighted by molar-refractivity contribution is -0.113. The zero-order valence-corrected chi connectivity index (χ0v) is 19.9. The summed E-state index contributed by atoms with van der Waals surface area (Å²) in [5.41, 5.74) is 7.39. The summed E-state index contributed by atoms with van der Waals surface area (Å²) in [5.74, 6) is -0.860. The molecule has 2 amide bonds. The first kappa shape index (κ1) is 21.9. The molecule has 0 radical (unpaired) electrons. The average Bonchev–Trinajstić information content (AvgIpc) is 3.42. The lowest BCUT2D eigenvalue weighted by atomic mass is 9.97. The van der Waals surface area contributed by atoms with Crippen LogP contribution in [0, 0.1) is 0 Å². The summed E-state index contributed by atoms with van der Waals surface area (Å²) in [5, 5.41) is 6.03. The third-order valence-corrected chi connectivity index (χ3v) is 8.44. The van der Waals surface area contributed by atoms with Crippen LogP contribution in [0.5, 0.6) is 0 Å². The first-order valence-corrected chi connectivity index (χ1v) is 13.1. The molecule has 7 nitrogen and oxygen atoms in total. The molecule has 0 bridgehead atoms. The van der Waals surface area contributed by atoms with Crippen LogP contribution in [0.4, 0.5) is 5.00 Å². The summed E-state index contributed by atoms with van der Waals surface area (Å²) < 4.78 is 1.60. The van der Waals surface area contributed by atoms with Crippen molar-refractivity contribution >= 4 is 61.5 Å². The van der Waals surface area contributed by atoms with Crippen molar-refractivity contribution in [3.8, 4) is 5.69 Å². The van der Waals surface area contributed by atoms with Crippen LogP contribution in [0.25, 0.3) is 15.9 Å². The quantitative estimate of drug-likeness (QED) is 0.307. The molecule has 0 atom stereocenters. The van der Waals surface area contributed by atoms with E-state index in [9.17, 15) is 14.4 Å². The van der Waals surface area contributed by atoms with Crippen LogP contribution in [0.3, 0.4) is 0 Å². The lowest BCUT2D eigenvalue weighted by Gasteiger charge is -2.13. The van der Waals surface area contributed by atoms with Gasteiger partial charge in [-0.25, -0.2) is 4.98 Å². The number of hydrogen-bond donors (Lipinski definition) is 2. The SMILES string of the molecule is NC(=O)c1ccsc1NC(=O)CSc1nc2sc3c(c2c(=O)n1-c1ccccc1)CCCC3. The van der Waals surface area contributed by atoms with Crippen LogP contribution in [-0.4, -0.2) is 27.1 Å². The number of anilines is 1. The van der Waals surface area contributed by atoms with E-state index in [1.807, 2.05) is 30.3 Å². The van der Waals surface area contributed by atoms with E-state index in [0.717, 1.165) is 36.1 Å². The van der Waals surface area contributed by atoms with Gasteiger partial charge in [0.2, 0.25) is 5.91 Å².